The molecule has 4 rings (SSSR count). The van der Waals surface area contributed by atoms with Crippen molar-refractivity contribution in [2.45, 2.75) is 77.7 Å². The summed E-state index contributed by atoms with van der Waals surface area (Å²) in [5.41, 5.74) is -2.77. The molecule has 0 radical (unpaired) electrons. The second kappa shape index (κ2) is 11.0. The van der Waals surface area contributed by atoms with Crippen molar-refractivity contribution in [3.8, 4) is 0 Å². The molecule has 7 atom stereocenters. The van der Waals surface area contributed by atoms with Crippen molar-refractivity contribution in [3.63, 3.8) is 0 Å². The zero-order valence-electron chi connectivity index (χ0n) is 23.5. The van der Waals surface area contributed by atoms with Crippen molar-refractivity contribution in [2.24, 2.45) is 34.5 Å². The van der Waals surface area contributed by atoms with E-state index in [9.17, 15) is 33.6 Å². The highest BCUT2D eigenvalue weighted by atomic mass is 16.6. The van der Waals surface area contributed by atoms with Crippen LogP contribution < -0.4 is 0 Å². The van der Waals surface area contributed by atoms with Gasteiger partial charge in [0.25, 0.3) is 0 Å². The summed E-state index contributed by atoms with van der Waals surface area (Å²) in [4.78, 5) is 87.2. The second-order valence-electron chi connectivity index (χ2n) is 12.3. The maximum absolute atomic E-state index is 14.0. The second-order valence-corrected chi connectivity index (χ2v) is 12.3. The number of hydrogen-bond donors (Lipinski definition) is 2. The van der Waals surface area contributed by atoms with Crippen LogP contribution in [-0.2, 0) is 43.0 Å². The first-order valence-electron chi connectivity index (χ1n) is 14.0. The van der Waals surface area contributed by atoms with E-state index in [1.165, 1.54) is 6.08 Å². The van der Waals surface area contributed by atoms with E-state index < -0.39 is 90.2 Å². The van der Waals surface area contributed by atoms with Crippen LogP contribution >= 0.6 is 0 Å². The molecule has 0 aromatic heterocycles. The quantitative estimate of drug-likeness (QED) is 0.368. The molecule has 0 bridgehead atoms. The molecule has 0 aromatic carbocycles. The van der Waals surface area contributed by atoms with Crippen LogP contribution in [0.3, 0.4) is 0 Å². The van der Waals surface area contributed by atoms with Crippen molar-refractivity contribution in [1.82, 2.24) is 0 Å². The van der Waals surface area contributed by atoms with E-state index in [1.54, 1.807) is 26.0 Å². The number of aliphatic carboxylic acids is 2. The van der Waals surface area contributed by atoms with Gasteiger partial charge in [-0.15, -0.1) is 0 Å². The van der Waals surface area contributed by atoms with E-state index in [1.807, 2.05) is 6.92 Å². The summed E-state index contributed by atoms with van der Waals surface area (Å²) in [6.45, 7) is 4.66. The highest BCUT2D eigenvalue weighted by molar-refractivity contribution is 6.02. The fourth-order valence-electron chi connectivity index (χ4n) is 8.19. The minimum atomic E-state index is -1.86. The Bertz CT molecular complexity index is 1260. The molecule has 0 saturated heterocycles. The summed E-state index contributed by atoms with van der Waals surface area (Å²) in [5, 5.41) is 17.9. The summed E-state index contributed by atoms with van der Waals surface area (Å²) in [6.07, 6.45) is 4.52. The normalized spacial score (nSPS) is 35.4. The number of fused-ring (bicyclic) bond motifs is 5. The number of carbonyl (C=O) groups excluding carboxylic acids is 5. The van der Waals surface area contributed by atoms with Gasteiger partial charge in [-0.25, -0.2) is 0 Å². The van der Waals surface area contributed by atoms with E-state index in [0.717, 1.165) is 5.57 Å². The number of carbonyl (C=O) groups is 7. The van der Waals surface area contributed by atoms with Crippen LogP contribution in [-0.4, -0.2) is 63.6 Å². The van der Waals surface area contributed by atoms with E-state index in [4.69, 9.17) is 19.7 Å². The zero-order chi connectivity index (χ0) is 30.3. The molecule has 2 N–H and O–H groups in total. The van der Waals surface area contributed by atoms with Gasteiger partial charge in [-0.2, -0.15) is 0 Å². The van der Waals surface area contributed by atoms with Crippen LogP contribution in [0, 0.1) is 34.5 Å². The number of hydrogen-bond acceptors (Lipinski definition) is 9. The monoisotopic (exact) mass is 572 g/mol. The lowest BCUT2D eigenvalue weighted by Crippen LogP contribution is -2.63. The van der Waals surface area contributed by atoms with Gasteiger partial charge in [-0.05, 0) is 43.3 Å². The van der Waals surface area contributed by atoms with Crippen LogP contribution in [0.5, 0.6) is 0 Å². The molecule has 11 heteroatoms. The van der Waals surface area contributed by atoms with Crippen LogP contribution in [0.25, 0.3) is 0 Å². The Labute approximate surface area is 237 Å². The number of Topliss-reactive ketones (excluding diaryl/α,β-unsaturated/α-hetero) is 2. The fraction of sp³-hybridized carbons (Fsp3) is 0.633. The van der Waals surface area contributed by atoms with Gasteiger partial charge in [-0.1, -0.05) is 32.4 Å². The minimum absolute atomic E-state index is 0.0985. The maximum atomic E-state index is 14.0. The number of carboxylic acid groups (broad SMARTS) is 2. The zero-order valence-corrected chi connectivity index (χ0v) is 23.5. The van der Waals surface area contributed by atoms with E-state index in [0.29, 0.717) is 19.3 Å². The molecule has 0 aliphatic heterocycles. The number of ketones is 3. The maximum Gasteiger partial charge on any atom is 0.307 e. The standard InChI is InChI=1S/C30H36O11/c1-16-12-20-19-5-4-17-13-18(31)10-11-28(17,2)27(19)21(32)14-29(20,3)30(16,41-26(39)9-7-24(36)37)22(33)15-40-25(38)8-6-23(34)35/h10-11,13,16,19-20,27H,4-9,12,14-15H2,1-3H3,(H,34,35)(H,36,37)/t16-,19-,20-,27+,28-,29-,30-/m0/s1. The third-order valence-electron chi connectivity index (χ3n) is 9.94. The SMILES string of the molecule is C[C@H]1C[C@H]2[C@@H]3CCC4=CC(=O)C=C[C@]4(C)[C@H]3C(=O)C[C@]2(C)[C@@]1(OC(=O)CCC(=O)O)C(=O)COC(=O)CCC(=O)O. The highest BCUT2D eigenvalue weighted by Crippen LogP contribution is 2.68. The van der Waals surface area contributed by atoms with Gasteiger partial charge >= 0.3 is 23.9 Å². The van der Waals surface area contributed by atoms with Crippen molar-refractivity contribution in [2.75, 3.05) is 6.61 Å². The molecule has 4 aliphatic rings. The first-order valence-corrected chi connectivity index (χ1v) is 14.0. The summed E-state index contributed by atoms with van der Waals surface area (Å²) >= 11 is 0. The molecule has 0 heterocycles. The van der Waals surface area contributed by atoms with Crippen LogP contribution in [0.1, 0.15) is 72.1 Å². The van der Waals surface area contributed by atoms with Gasteiger partial charge in [-0.3, -0.25) is 33.6 Å². The molecule has 0 amide bonds. The van der Waals surface area contributed by atoms with Crippen molar-refractivity contribution >= 4 is 41.2 Å². The fourth-order valence-corrected chi connectivity index (χ4v) is 8.19. The summed E-state index contributed by atoms with van der Waals surface area (Å²) in [7, 11) is 0. The van der Waals surface area contributed by atoms with Gasteiger partial charge in [0, 0.05) is 29.1 Å². The van der Waals surface area contributed by atoms with E-state index in [2.05, 4.69) is 0 Å². The Morgan fingerprint density at radius 2 is 1.61 bits per heavy atom. The number of carboxylic acids is 2. The lowest BCUT2D eigenvalue weighted by molar-refractivity contribution is -0.198. The minimum Gasteiger partial charge on any atom is -0.481 e. The molecular formula is C30H36O11. The third kappa shape index (κ3) is 5.15. The number of esters is 2. The molecule has 4 aliphatic carbocycles. The predicted octanol–water partition coefficient (Wildman–Crippen LogP) is 2.84. The number of allylic oxidation sites excluding steroid dienone is 4. The molecule has 0 spiro atoms. The molecule has 222 valence electrons. The molecule has 11 nitrogen and oxygen atoms in total. The predicted molar refractivity (Wildman–Crippen MR) is 140 cm³/mol. The first kappa shape index (κ1) is 30.3. The Morgan fingerprint density at radius 3 is 2.24 bits per heavy atom. The first-order chi connectivity index (χ1) is 19.2. The molecule has 0 unspecified atom stereocenters. The number of rotatable bonds is 10. The van der Waals surface area contributed by atoms with E-state index in [-0.39, 0.29) is 29.8 Å². The van der Waals surface area contributed by atoms with Gasteiger partial charge in [0.1, 0.15) is 5.78 Å². The average Bonchev–Trinajstić information content (AvgIpc) is 3.11. The molecular weight excluding hydrogens is 536 g/mol. The smallest absolute Gasteiger partial charge is 0.307 e. The lowest BCUT2D eigenvalue weighted by Gasteiger charge is -2.57. The van der Waals surface area contributed by atoms with Crippen LogP contribution in [0.15, 0.2) is 23.8 Å². The molecule has 41 heavy (non-hydrogen) atoms. The van der Waals surface area contributed by atoms with E-state index >= 15 is 0 Å². The van der Waals surface area contributed by atoms with Crippen molar-refractivity contribution < 1.29 is 53.2 Å². The summed E-state index contributed by atoms with van der Waals surface area (Å²) in [5.74, 6) is -6.61. The Morgan fingerprint density at radius 1 is 0.976 bits per heavy atom. The Kier molecular flexibility index (Phi) is 8.12. The van der Waals surface area contributed by atoms with Crippen LogP contribution in [0.2, 0.25) is 0 Å². The van der Waals surface area contributed by atoms with Gasteiger partial charge in [0.15, 0.2) is 18.0 Å². The number of ether oxygens (including phenoxy) is 2. The summed E-state index contributed by atoms with van der Waals surface area (Å²) < 4.78 is 11.0. The molecule has 0 aromatic rings. The Hall–Kier alpha value is -3.63. The lowest BCUT2D eigenvalue weighted by atomic mass is 9.46. The largest absolute Gasteiger partial charge is 0.481 e. The van der Waals surface area contributed by atoms with Gasteiger partial charge in [0.2, 0.25) is 5.78 Å². The van der Waals surface area contributed by atoms with Crippen LogP contribution in [0.4, 0.5) is 0 Å². The molecule has 3 saturated carbocycles. The Balaban J connectivity index is 1.69. The third-order valence-corrected chi connectivity index (χ3v) is 9.94. The highest BCUT2D eigenvalue weighted by Gasteiger charge is 2.73. The van der Waals surface area contributed by atoms with Gasteiger partial charge < -0.3 is 19.7 Å². The average molecular weight is 573 g/mol. The van der Waals surface area contributed by atoms with Crippen molar-refractivity contribution in [1.29, 1.82) is 0 Å². The molecule has 3 fully saturated rings. The van der Waals surface area contributed by atoms with Crippen molar-refractivity contribution in [3.05, 3.63) is 23.8 Å². The van der Waals surface area contributed by atoms with Gasteiger partial charge in [0.05, 0.1) is 25.7 Å². The summed E-state index contributed by atoms with van der Waals surface area (Å²) in [6, 6.07) is 0. The topological polar surface area (TPSA) is 178 Å².